The Morgan fingerprint density at radius 2 is 2.00 bits per heavy atom. The van der Waals surface area contributed by atoms with E-state index in [9.17, 15) is 13.8 Å². The number of halogens is 2. The minimum Gasteiger partial charge on any atom is -0.394 e. The molecule has 3 atom stereocenters. The number of aliphatic hydroxyl groups excluding tert-OH is 2. The fraction of sp³-hybridized carbons (Fsp3) is 0.800. The lowest BCUT2D eigenvalue weighted by atomic mass is 10.1. The van der Waals surface area contributed by atoms with Crippen LogP contribution in [0.25, 0.3) is 0 Å². The van der Waals surface area contributed by atoms with Crippen molar-refractivity contribution in [2.45, 2.75) is 18.3 Å². The Kier molecular flexibility index (Phi) is 5.64. The Balaban J connectivity index is 4.19. The molecule has 72 valence electrons. The fourth-order valence-corrected chi connectivity index (χ4v) is 0.582. The maximum absolute atomic E-state index is 11.5. The predicted molar refractivity (Wildman–Crippen MR) is 31.1 cm³/mol. The Hall–Kier alpha value is -0.630. The van der Waals surface area contributed by atoms with E-state index >= 15 is 0 Å². The monoisotopic (exact) mass is 186 g/mol. The van der Waals surface area contributed by atoms with Gasteiger partial charge in [0, 0.05) is 0 Å². The van der Waals surface area contributed by atoms with Crippen LogP contribution in [0.2, 0.25) is 0 Å². The fourth-order valence-electron chi connectivity index (χ4n) is 0.582. The minimum atomic E-state index is -1.89. The molecule has 0 fully saturated rings. The van der Waals surface area contributed by atoms with Crippen LogP contribution in [0.3, 0.4) is 0 Å². The van der Waals surface area contributed by atoms with Gasteiger partial charge in [-0.05, 0) is 9.05 Å². The van der Waals surface area contributed by atoms with Gasteiger partial charge in [0.2, 0.25) is 0 Å². The molecule has 0 spiro atoms. The lowest BCUT2D eigenvalue weighted by molar-refractivity contribution is -0.280. The van der Waals surface area contributed by atoms with Crippen LogP contribution >= 0.6 is 0 Å². The van der Waals surface area contributed by atoms with E-state index in [-0.39, 0.29) is 6.29 Å². The average Bonchev–Trinajstić information content (AvgIpc) is 2.12. The molecule has 0 heterocycles. The van der Waals surface area contributed by atoms with Crippen molar-refractivity contribution in [3.63, 3.8) is 0 Å². The van der Waals surface area contributed by atoms with Gasteiger partial charge >= 0.3 is 0 Å². The highest BCUT2D eigenvalue weighted by atomic mass is 19.3. The highest BCUT2D eigenvalue weighted by molar-refractivity contribution is 5.57. The molecule has 0 aromatic heterocycles. The van der Waals surface area contributed by atoms with E-state index in [4.69, 9.17) is 10.2 Å². The quantitative estimate of drug-likeness (QED) is 0.524. The summed E-state index contributed by atoms with van der Waals surface area (Å²) in [4.78, 5) is 16.0. The van der Waals surface area contributed by atoms with Crippen molar-refractivity contribution in [2.24, 2.45) is 0 Å². The van der Waals surface area contributed by atoms with E-state index in [0.29, 0.717) is 0 Å². The first-order valence-electron chi connectivity index (χ1n) is 3.00. The third kappa shape index (κ3) is 2.78. The van der Waals surface area contributed by atoms with Crippen LogP contribution in [0, 0.1) is 0 Å². The van der Waals surface area contributed by atoms with E-state index in [2.05, 4.69) is 9.88 Å². The van der Waals surface area contributed by atoms with Crippen LogP contribution < -0.4 is 0 Å². The van der Waals surface area contributed by atoms with Crippen LogP contribution in [-0.4, -0.2) is 41.4 Å². The zero-order valence-electron chi connectivity index (χ0n) is 5.89. The van der Waals surface area contributed by atoms with Gasteiger partial charge < -0.3 is 15.0 Å². The van der Waals surface area contributed by atoms with Crippen molar-refractivity contribution in [1.82, 2.24) is 0 Å². The third-order valence-electron chi connectivity index (χ3n) is 1.23. The normalized spacial score (nSPS) is 18.3. The molecule has 0 aromatic carbocycles. The molecule has 0 aliphatic rings. The number of carbonyl (C=O) groups is 1. The number of rotatable bonds is 6. The Labute approximate surface area is 66.3 Å². The molecule has 0 rings (SSSR count). The van der Waals surface area contributed by atoms with Crippen LogP contribution in [-0.2, 0) is 14.7 Å². The van der Waals surface area contributed by atoms with E-state index in [1.165, 1.54) is 0 Å². The highest BCUT2D eigenvalue weighted by Gasteiger charge is 2.31. The summed E-state index contributed by atoms with van der Waals surface area (Å²) in [5.41, 5.74) is 0. The molecule has 0 saturated carbocycles. The van der Waals surface area contributed by atoms with Gasteiger partial charge in [-0.1, -0.05) is 0 Å². The second-order valence-electron chi connectivity index (χ2n) is 1.99. The second-order valence-corrected chi connectivity index (χ2v) is 1.99. The Bertz CT molecular complexity index is 133. The molecule has 0 amide bonds. The van der Waals surface area contributed by atoms with Crippen molar-refractivity contribution in [1.29, 1.82) is 0 Å². The van der Waals surface area contributed by atoms with Crippen molar-refractivity contribution >= 4 is 6.29 Å². The zero-order chi connectivity index (χ0) is 9.56. The van der Waals surface area contributed by atoms with Crippen LogP contribution in [0.15, 0.2) is 0 Å². The molecular formula is C5H8F2O5. The smallest absolute Gasteiger partial charge is 0.185 e. The van der Waals surface area contributed by atoms with Gasteiger partial charge in [-0.3, -0.25) is 0 Å². The standard InChI is InChI=1S/C5H8F2O5/c6-11-4(2-9)5(12-7)3(10)1-8/h2-5,8,10H,1H2/t3-,4+,5+/m1/s1. The van der Waals surface area contributed by atoms with Gasteiger partial charge in [0.25, 0.3) is 0 Å². The van der Waals surface area contributed by atoms with Gasteiger partial charge in [-0.25, -0.2) is 0 Å². The van der Waals surface area contributed by atoms with E-state index in [1.54, 1.807) is 0 Å². The van der Waals surface area contributed by atoms with Crippen molar-refractivity contribution in [2.75, 3.05) is 6.61 Å². The topological polar surface area (TPSA) is 76.0 Å². The summed E-state index contributed by atoms with van der Waals surface area (Å²) in [5, 5.41) is 17.0. The zero-order valence-corrected chi connectivity index (χ0v) is 5.89. The van der Waals surface area contributed by atoms with Gasteiger partial charge in [0.15, 0.2) is 18.5 Å². The summed E-state index contributed by atoms with van der Waals surface area (Å²) < 4.78 is 23.0. The average molecular weight is 186 g/mol. The summed E-state index contributed by atoms with van der Waals surface area (Å²) in [6.07, 6.45) is -5.57. The molecule has 5 nitrogen and oxygen atoms in total. The van der Waals surface area contributed by atoms with Crippen molar-refractivity contribution in [3.05, 3.63) is 0 Å². The van der Waals surface area contributed by atoms with E-state index < -0.39 is 24.9 Å². The predicted octanol–water partition coefficient (Wildman–Crippen LogP) is -0.922. The highest BCUT2D eigenvalue weighted by Crippen LogP contribution is 2.08. The Morgan fingerprint density at radius 3 is 2.25 bits per heavy atom. The summed E-state index contributed by atoms with van der Waals surface area (Å²) in [5.74, 6) is 0. The first-order valence-corrected chi connectivity index (χ1v) is 3.00. The number of hydrogen-bond donors (Lipinski definition) is 2. The second kappa shape index (κ2) is 5.95. The molecular weight excluding hydrogens is 178 g/mol. The molecule has 0 radical (unpaired) electrons. The van der Waals surface area contributed by atoms with Crippen molar-refractivity contribution in [3.8, 4) is 0 Å². The third-order valence-corrected chi connectivity index (χ3v) is 1.23. The summed E-state index contributed by atoms with van der Waals surface area (Å²) in [7, 11) is 0. The lowest BCUT2D eigenvalue weighted by Gasteiger charge is -2.18. The van der Waals surface area contributed by atoms with Crippen LogP contribution in [0.1, 0.15) is 0 Å². The van der Waals surface area contributed by atoms with Crippen LogP contribution in [0.4, 0.5) is 9.05 Å². The molecule has 2 N–H and O–H groups in total. The SMILES string of the molecule is O=C[C@H](OF)[C@@H](OF)[C@H](O)CO. The minimum absolute atomic E-state index is 0.0941. The van der Waals surface area contributed by atoms with Gasteiger partial charge in [-0.15, -0.1) is 0 Å². The van der Waals surface area contributed by atoms with Crippen LogP contribution in [0.5, 0.6) is 0 Å². The first kappa shape index (κ1) is 11.4. The number of carbonyl (C=O) groups excluding carboxylic acids is 1. The molecule has 0 aliphatic heterocycles. The molecule has 7 heteroatoms. The maximum atomic E-state index is 11.5. The maximum Gasteiger partial charge on any atom is 0.185 e. The van der Waals surface area contributed by atoms with E-state index in [1.807, 2.05) is 0 Å². The number of aldehydes is 1. The Morgan fingerprint density at radius 1 is 1.42 bits per heavy atom. The van der Waals surface area contributed by atoms with Crippen molar-refractivity contribution < 1.29 is 33.9 Å². The molecule has 0 saturated heterocycles. The summed E-state index contributed by atoms with van der Waals surface area (Å²) >= 11 is 0. The lowest BCUT2D eigenvalue weighted by Crippen LogP contribution is -2.41. The van der Waals surface area contributed by atoms with Gasteiger partial charge in [0.05, 0.1) is 6.61 Å². The summed E-state index contributed by atoms with van der Waals surface area (Å²) in [6, 6.07) is 0. The van der Waals surface area contributed by atoms with Gasteiger partial charge in [0.1, 0.15) is 6.10 Å². The number of aliphatic hydroxyl groups is 2. The number of hydrogen-bond acceptors (Lipinski definition) is 5. The molecule has 0 unspecified atom stereocenters. The largest absolute Gasteiger partial charge is 0.394 e. The molecule has 0 aromatic rings. The van der Waals surface area contributed by atoms with Gasteiger partial charge in [-0.2, -0.15) is 9.88 Å². The molecule has 0 bridgehead atoms. The molecule has 0 aliphatic carbocycles. The first-order chi connectivity index (χ1) is 5.71. The molecule has 12 heavy (non-hydrogen) atoms. The van der Waals surface area contributed by atoms with E-state index in [0.717, 1.165) is 0 Å². The summed E-state index contributed by atoms with van der Waals surface area (Å²) in [6.45, 7) is -0.873.